The minimum atomic E-state index is -0.374. The molecule has 104 valence electrons. The van der Waals surface area contributed by atoms with Gasteiger partial charge in [0.1, 0.15) is 17.4 Å². The van der Waals surface area contributed by atoms with Crippen molar-refractivity contribution >= 4 is 29.1 Å². The maximum atomic E-state index is 11.6. The molecule has 0 radical (unpaired) electrons. The first-order chi connectivity index (χ1) is 9.63. The van der Waals surface area contributed by atoms with Crippen molar-refractivity contribution in [1.82, 2.24) is 5.43 Å². The number of amides is 1. The Hall–Kier alpha value is -1.75. The molecule has 0 bridgehead atoms. The zero-order valence-electron chi connectivity index (χ0n) is 10.4. The molecule has 6 heteroatoms. The van der Waals surface area contributed by atoms with Crippen molar-refractivity contribution in [3.8, 4) is 5.75 Å². The maximum absolute atomic E-state index is 11.6. The van der Waals surface area contributed by atoms with Crippen molar-refractivity contribution in [1.29, 1.82) is 0 Å². The Morgan fingerprint density at radius 3 is 2.65 bits per heavy atom. The van der Waals surface area contributed by atoms with Crippen LogP contribution in [-0.2, 0) is 6.61 Å². The Kier molecular flexibility index (Phi) is 4.84. The van der Waals surface area contributed by atoms with Crippen molar-refractivity contribution in [2.45, 2.75) is 6.61 Å². The summed E-state index contributed by atoms with van der Waals surface area (Å²) >= 11 is 11.9. The van der Waals surface area contributed by atoms with Crippen LogP contribution in [0.5, 0.6) is 5.75 Å². The van der Waals surface area contributed by atoms with Gasteiger partial charge in [0.05, 0.1) is 5.02 Å². The number of nitrogen functional groups attached to an aromatic ring is 1. The van der Waals surface area contributed by atoms with Gasteiger partial charge in [0.2, 0.25) is 0 Å². The predicted octanol–water partition coefficient (Wildman–Crippen LogP) is 3.18. The minimum absolute atomic E-state index is 0.184. The van der Waals surface area contributed by atoms with Crippen LogP contribution in [0.15, 0.2) is 42.5 Å². The molecule has 0 aromatic heterocycles. The number of nitrogens with two attached hydrogens (primary N) is 1. The van der Waals surface area contributed by atoms with Gasteiger partial charge in [-0.15, -0.1) is 0 Å². The van der Waals surface area contributed by atoms with E-state index in [9.17, 15) is 4.79 Å². The predicted molar refractivity (Wildman–Crippen MR) is 78.9 cm³/mol. The van der Waals surface area contributed by atoms with Crippen molar-refractivity contribution in [2.75, 3.05) is 0 Å². The molecule has 0 aliphatic carbocycles. The number of hydrogen-bond acceptors (Lipinski definition) is 3. The lowest BCUT2D eigenvalue weighted by molar-refractivity contribution is 0.0951. The monoisotopic (exact) mass is 310 g/mol. The van der Waals surface area contributed by atoms with Gasteiger partial charge >= 0.3 is 0 Å². The molecule has 0 saturated heterocycles. The van der Waals surface area contributed by atoms with Crippen LogP contribution in [0.4, 0.5) is 0 Å². The summed E-state index contributed by atoms with van der Waals surface area (Å²) in [6, 6.07) is 12.1. The topological polar surface area (TPSA) is 64.3 Å². The maximum Gasteiger partial charge on any atom is 0.265 e. The third-order valence-corrected chi connectivity index (χ3v) is 3.49. The molecule has 20 heavy (non-hydrogen) atoms. The minimum Gasteiger partial charge on any atom is -0.487 e. The van der Waals surface area contributed by atoms with Gasteiger partial charge in [-0.05, 0) is 18.2 Å². The van der Waals surface area contributed by atoms with Gasteiger partial charge in [-0.3, -0.25) is 10.2 Å². The third-order valence-electron chi connectivity index (χ3n) is 2.69. The molecule has 3 N–H and O–H groups in total. The van der Waals surface area contributed by atoms with Gasteiger partial charge in [-0.1, -0.05) is 47.5 Å². The Bertz CT molecular complexity index is 632. The van der Waals surface area contributed by atoms with Crippen molar-refractivity contribution in [2.24, 2.45) is 5.84 Å². The van der Waals surface area contributed by atoms with Crippen LogP contribution in [0.2, 0.25) is 10.0 Å². The second-order valence-corrected chi connectivity index (χ2v) is 4.76. The second kappa shape index (κ2) is 6.61. The summed E-state index contributed by atoms with van der Waals surface area (Å²) in [6.45, 7) is 0.184. The fraction of sp³-hybridized carbons (Fsp3) is 0.0714. The number of carbonyl (C=O) groups excluding carboxylic acids is 1. The van der Waals surface area contributed by atoms with Gasteiger partial charge in [0.25, 0.3) is 5.91 Å². The lowest BCUT2D eigenvalue weighted by atomic mass is 10.1. The number of nitrogens with one attached hydrogen (secondary N) is 1. The summed E-state index contributed by atoms with van der Waals surface area (Å²) in [5.74, 6) is 5.23. The normalized spacial score (nSPS) is 10.2. The molecule has 4 nitrogen and oxygen atoms in total. The fourth-order valence-electron chi connectivity index (χ4n) is 1.70. The zero-order valence-corrected chi connectivity index (χ0v) is 11.9. The molecule has 2 aromatic rings. The smallest absolute Gasteiger partial charge is 0.265 e. The van der Waals surface area contributed by atoms with Crippen LogP contribution >= 0.6 is 23.2 Å². The highest BCUT2D eigenvalue weighted by atomic mass is 35.5. The Morgan fingerprint density at radius 1 is 1.15 bits per heavy atom. The van der Waals surface area contributed by atoms with Crippen LogP contribution in [-0.4, -0.2) is 5.91 Å². The van der Waals surface area contributed by atoms with E-state index in [0.29, 0.717) is 26.9 Å². The van der Waals surface area contributed by atoms with Crippen LogP contribution in [0.25, 0.3) is 0 Å². The number of hydrogen-bond donors (Lipinski definition) is 2. The molecule has 2 aromatic carbocycles. The highest BCUT2D eigenvalue weighted by molar-refractivity contribution is 6.42. The van der Waals surface area contributed by atoms with Crippen LogP contribution in [0.1, 0.15) is 15.9 Å². The average Bonchev–Trinajstić information content (AvgIpc) is 2.48. The van der Waals surface area contributed by atoms with E-state index in [1.807, 2.05) is 6.07 Å². The van der Waals surface area contributed by atoms with E-state index in [0.717, 1.165) is 0 Å². The van der Waals surface area contributed by atoms with Crippen molar-refractivity contribution in [3.63, 3.8) is 0 Å². The van der Waals surface area contributed by atoms with E-state index >= 15 is 0 Å². The molecule has 0 unspecified atom stereocenters. The zero-order chi connectivity index (χ0) is 14.5. The molecule has 0 aliphatic rings. The van der Waals surface area contributed by atoms with Crippen LogP contribution in [0.3, 0.4) is 0 Å². The van der Waals surface area contributed by atoms with Gasteiger partial charge in [0.15, 0.2) is 0 Å². The molecule has 0 aliphatic heterocycles. The molecule has 0 spiro atoms. The Morgan fingerprint density at radius 2 is 1.90 bits per heavy atom. The van der Waals surface area contributed by atoms with E-state index < -0.39 is 0 Å². The molecule has 2 rings (SSSR count). The van der Waals surface area contributed by atoms with Gasteiger partial charge < -0.3 is 4.74 Å². The van der Waals surface area contributed by atoms with E-state index in [1.165, 1.54) is 0 Å². The summed E-state index contributed by atoms with van der Waals surface area (Å²) < 4.78 is 5.60. The van der Waals surface area contributed by atoms with Gasteiger partial charge in [-0.2, -0.15) is 0 Å². The SMILES string of the molecule is NNC(=O)c1ccccc1COc1cccc(Cl)c1Cl. The van der Waals surface area contributed by atoms with E-state index in [2.05, 4.69) is 5.43 Å². The lowest BCUT2D eigenvalue weighted by Gasteiger charge is -2.11. The third kappa shape index (κ3) is 3.22. The number of rotatable bonds is 4. The van der Waals surface area contributed by atoms with E-state index in [1.54, 1.807) is 36.4 Å². The highest BCUT2D eigenvalue weighted by Crippen LogP contribution is 2.32. The largest absolute Gasteiger partial charge is 0.487 e. The quantitative estimate of drug-likeness (QED) is 0.518. The number of hydrazine groups is 1. The van der Waals surface area contributed by atoms with Crippen LogP contribution < -0.4 is 16.0 Å². The first kappa shape index (κ1) is 14.7. The van der Waals surface area contributed by atoms with Crippen LogP contribution in [0, 0.1) is 0 Å². The van der Waals surface area contributed by atoms with Crippen molar-refractivity contribution in [3.05, 3.63) is 63.6 Å². The average molecular weight is 311 g/mol. The molecular formula is C14H12Cl2N2O2. The Labute approximate surface area is 126 Å². The van der Waals surface area contributed by atoms with Gasteiger partial charge in [-0.25, -0.2) is 5.84 Å². The number of ether oxygens (including phenoxy) is 1. The van der Waals surface area contributed by atoms with E-state index in [4.69, 9.17) is 33.8 Å². The summed E-state index contributed by atoms with van der Waals surface area (Å²) in [6.07, 6.45) is 0. The highest BCUT2D eigenvalue weighted by Gasteiger charge is 2.11. The number of carbonyl (C=O) groups is 1. The first-order valence-electron chi connectivity index (χ1n) is 5.79. The molecular weight excluding hydrogens is 299 g/mol. The molecule has 0 heterocycles. The number of benzene rings is 2. The van der Waals surface area contributed by atoms with Crippen molar-refractivity contribution < 1.29 is 9.53 Å². The first-order valence-corrected chi connectivity index (χ1v) is 6.54. The molecule has 0 fully saturated rings. The lowest BCUT2D eigenvalue weighted by Crippen LogP contribution is -2.30. The molecule has 0 saturated carbocycles. The van der Waals surface area contributed by atoms with Gasteiger partial charge in [0, 0.05) is 11.1 Å². The summed E-state index contributed by atoms with van der Waals surface area (Å²) in [5, 5.41) is 0.757. The van der Waals surface area contributed by atoms with E-state index in [-0.39, 0.29) is 12.5 Å². The molecule has 1 amide bonds. The second-order valence-electron chi connectivity index (χ2n) is 3.97. The summed E-state index contributed by atoms with van der Waals surface area (Å²) in [4.78, 5) is 11.6. The molecule has 0 atom stereocenters. The summed E-state index contributed by atoms with van der Waals surface area (Å²) in [5.41, 5.74) is 3.25. The fourth-order valence-corrected chi connectivity index (χ4v) is 2.04. The number of halogens is 2. The summed E-state index contributed by atoms with van der Waals surface area (Å²) in [7, 11) is 0. The Balaban J connectivity index is 2.19. The standard InChI is InChI=1S/C14H12Cl2N2O2/c15-11-6-3-7-12(13(11)16)20-8-9-4-1-2-5-10(9)14(19)18-17/h1-7H,8,17H2,(H,18,19).